The number of halogens is 1. The van der Waals surface area contributed by atoms with Crippen LogP contribution in [0.15, 0.2) is 23.4 Å². The molecule has 5 nitrogen and oxygen atoms in total. The molecule has 0 bridgehead atoms. The van der Waals surface area contributed by atoms with Crippen LogP contribution in [0.4, 0.5) is 4.39 Å². The summed E-state index contributed by atoms with van der Waals surface area (Å²) < 4.78 is 13.9. The van der Waals surface area contributed by atoms with Crippen LogP contribution in [0.2, 0.25) is 0 Å². The van der Waals surface area contributed by atoms with Gasteiger partial charge in [0.05, 0.1) is 0 Å². The Morgan fingerprint density at radius 2 is 2.10 bits per heavy atom. The highest BCUT2D eigenvalue weighted by atomic mass is 19.1. The molecular formula is C15H25FN4O. The van der Waals surface area contributed by atoms with Crippen molar-refractivity contribution in [3.8, 4) is 0 Å². The van der Waals surface area contributed by atoms with E-state index in [2.05, 4.69) is 29.2 Å². The molecule has 1 rings (SSSR count). The second kappa shape index (κ2) is 9.31. The average molecular weight is 296 g/mol. The van der Waals surface area contributed by atoms with Gasteiger partial charge in [0, 0.05) is 17.7 Å². The zero-order chi connectivity index (χ0) is 15.7. The van der Waals surface area contributed by atoms with Gasteiger partial charge in [-0.15, -0.1) is 0 Å². The fraction of sp³-hybridized carbons (Fsp3) is 0.533. The molecule has 0 amide bonds. The quantitative estimate of drug-likeness (QED) is 0.213. The maximum atomic E-state index is 13.9. The topological polar surface area (TPSA) is 73.9 Å². The fourth-order valence-electron chi connectivity index (χ4n) is 2.10. The molecule has 0 atom stereocenters. The smallest absolute Gasteiger partial charge is 0.170 e. The number of nitrogens with zero attached hydrogens (tertiary/aromatic N) is 2. The molecule has 1 aromatic rings. The first-order chi connectivity index (χ1) is 10.1. The van der Waals surface area contributed by atoms with Gasteiger partial charge in [-0.05, 0) is 38.7 Å². The molecule has 0 spiro atoms. The average Bonchev–Trinajstić information content (AvgIpc) is 2.51. The minimum absolute atomic E-state index is 0.0902. The molecule has 0 aliphatic carbocycles. The molecule has 1 aromatic carbocycles. The van der Waals surface area contributed by atoms with Crippen LogP contribution in [0.3, 0.4) is 0 Å². The van der Waals surface area contributed by atoms with E-state index in [9.17, 15) is 4.39 Å². The van der Waals surface area contributed by atoms with Crippen LogP contribution >= 0.6 is 0 Å². The van der Waals surface area contributed by atoms with Crippen LogP contribution in [0.1, 0.15) is 31.4 Å². The molecule has 21 heavy (non-hydrogen) atoms. The summed E-state index contributed by atoms with van der Waals surface area (Å²) in [4.78, 5) is 2.36. The van der Waals surface area contributed by atoms with Gasteiger partial charge >= 0.3 is 0 Å². The Labute approximate surface area is 125 Å². The fourth-order valence-corrected chi connectivity index (χ4v) is 2.10. The Bertz CT molecular complexity index is 461. The van der Waals surface area contributed by atoms with Crippen molar-refractivity contribution < 1.29 is 9.60 Å². The zero-order valence-corrected chi connectivity index (χ0v) is 12.8. The van der Waals surface area contributed by atoms with Gasteiger partial charge in [-0.2, -0.15) is 0 Å². The number of amidine groups is 1. The maximum absolute atomic E-state index is 13.9. The number of oxime groups is 1. The van der Waals surface area contributed by atoms with Gasteiger partial charge in [0.25, 0.3) is 0 Å². The minimum atomic E-state index is -0.352. The largest absolute Gasteiger partial charge is 0.409 e. The Hall–Kier alpha value is -1.66. The molecule has 0 aliphatic heterocycles. The molecule has 0 unspecified atom stereocenters. The van der Waals surface area contributed by atoms with Crippen molar-refractivity contribution in [1.82, 2.24) is 10.2 Å². The summed E-state index contributed by atoms with van der Waals surface area (Å²) in [5.74, 6) is -0.442. The third-order valence-electron chi connectivity index (χ3n) is 3.49. The monoisotopic (exact) mass is 296 g/mol. The van der Waals surface area contributed by atoms with Crippen LogP contribution in [-0.4, -0.2) is 42.1 Å². The Kier molecular flexibility index (Phi) is 7.71. The predicted octanol–water partition coefficient (Wildman–Crippen LogP) is 1.74. The number of hydrogen-bond donors (Lipinski definition) is 3. The van der Waals surface area contributed by atoms with Gasteiger partial charge in [0.15, 0.2) is 5.84 Å². The SMILES string of the molecule is CCN(CC)CCCNCc1ccc(C(N)=NO)cc1F. The summed E-state index contributed by atoms with van der Waals surface area (Å²) >= 11 is 0. The van der Waals surface area contributed by atoms with Gasteiger partial charge in [-0.25, -0.2) is 4.39 Å². The minimum Gasteiger partial charge on any atom is -0.409 e. The summed E-state index contributed by atoms with van der Waals surface area (Å²) in [5.41, 5.74) is 6.37. The first-order valence-corrected chi connectivity index (χ1v) is 7.31. The van der Waals surface area contributed by atoms with Crippen molar-refractivity contribution in [3.63, 3.8) is 0 Å². The van der Waals surface area contributed by atoms with Crippen molar-refractivity contribution in [2.45, 2.75) is 26.8 Å². The molecule has 0 fully saturated rings. The molecule has 0 saturated carbocycles. The highest BCUT2D eigenvalue weighted by Gasteiger charge is 2.06. The zero-order valence-electron chi connectivity index (χ0n) is 12.8. The van der Waals surface area contributed by atoms with Crippen molar-refractivity contribution in [2.24, 2.45) is 10.9 Å². The molecule has 0 heterocycles. The summed E-state index contributed by atoms with van der Waals surface area (Å²) in [6.07, 6.45) is 1.03. The van der Waals surface area contributed by atoms with E-state index < -0.39 is 0 Å². The molecule has 0 aromatic heterocycles. The highest BCUT2D eigenvalue weighted by Crippen LogP contribution is 2.10. The lowest BCUT2D eigenvalue weighted by atomic mass is 10.1. The van der Waals surface area contributed by atoms with E-state index in [1.807, 2.05) is 0 Å². The first-order valence-electron chi connectivity index (χ1n) is 7.31. The second-order valence-corrected chi connectivity index (χ2v) is 4.85. The van der Waals surface area contributed by atoms with E-state index in [-0.39, 0.29) is 11.7 Å². The van der Waals surface area contributed by atoms with Crippen LogP contribution in [0.5, 0.6) is 0 Å². The number of hydrogen-bond acceptors (Lipinski definition) is 4. The van der Waals surface area contributed by atoms with Crippen LogP contribution < -0.4 is 11.1 Å². The van der Waals surface area contributed by atoms with E-state index in [1.165, 1.54) is 6.07 Å². The molecule has 0 radical (unpaired) electrons. The molecule has 6 heteroatoms. The maximum Gasteiger partial charge on any atom is 0.170 e. The summed E-state index contributed by atoms with van der Waals surface area (Å²) in [7, 11) is 0. The lowest BCUT2D eigenvalue weighted by Crippen LogP contribution is -2.27. The first kappa shape index (κ1) is 17.4. The van der Waals surface area contributed by atoms with E-state index in [0.29, 0.717) is 17.7 Å². The summed E-state index contributed by atoms with van der Waals surface area (Å²) in [5, 5.41) is 14.6. The van der Waals surface area contributed by atoms with E-state index >= 15 is 0 Å². The van der Waals surface area contributed by atoms with E-state index in [0.717, 1.165) is 32.6 Å². The van der Waals surface area contributed by atoms with Crippen molar-refractivity contribution in [2.75, 3.05) is 26.2 Å². The molecule has 0 aliphatic rings. The van der Waals surface area contributed by atoms with Crippen molar-refractivity contribution in [1.29, 1.82) is 0 Å². The lowest BCUT2D eigenvalue weighted by molar-refractivity contribution is 0.298. The molecular weight excluding hydrogens is 271 g/mol. The Balaban J connectivity index is 2.39. The third kappa shape index (κ3) is 5.69. The second-order valence-electron chi connectivity index (χ2n) is 4.85. The van der Waals surface area contributed by atoms with Crippen LogP contribution in [0.25, 0.3) is 0 Å². The lowest BCUT2D eigenvalue weighted by Gasteiger charge is -2.17. The van der Waals surface area contributed by atoms with Gasteiger partial charge in [-0.3, -0.25) is 0 Å². The van der Waals surface area contributed by atoms with Crippen LogP contribution in [0, 0.1) is 5.82 Å². The highest BCUT2D eigenvalue weighted by molar-refractivity contribution is 5.97. The number of rotatable bonds is 9. The molecule has 4 N–H and O–H groups in total. The Morgan fingerprint density at radius 1 is 1.38 bits per heavy atom. The van der Waals surface area contributed by atoms with E-state index in [4.69, 9.17) is 10.9 Å². The van der Waals surface area contributed by atoms with Gasteiger partial charge < -0.3 is 21.2 Å². The third-order valence-corrected chi connectivity index (χ3v) is 3.49. The normalized spacial score (nSPS) is 12.1. The van der Waals surface area contributed by atoms with Crippen molar-refractivity contribution >= 4 is 5.84 Å². The van der Waals surface area contributed by atoms with Gasteiger partial charge in [0.2, 0.25) is 0 Å². The molecule has 118 valence electrons. The Morgan fingerprint density at radius 3 is 2.67 bits per heavy atom. The summed E-state index contributed by atoms with van der Waals surface area (Å²) in [6, 6.07) is 4.58. The number of nitrogens with one attached hydrogen (secondary N) is 1. The van der Waals surface area contributed by atoms with Gasteiger partial charge in [0.1, 0.15) is 5.82 Å². The van der Waals surface area contributed by atoms with E-state index in [1.54, 1.807) is 12.1 Å². The standard InChI is InChI=1S/C15H25FN4O/c1-3-20(4-2)9-5-8-18-11-13-7-6-12(10-14(13)16)15(17)19-21/h6-7,10,18,21H,3-5,8-9,11H2,1-2H3,(H2,17,19). The van der Waals surface area contributed by atoms with Gasteiger partial charge in [-0.1, -0.05) is 31.1 Å². The van der Waals surface area contributed by atoms with Crippen LogP contribution in [-0.2, 0) is 6.54 Å². The molecule has 0 saturated heterocycles. The predicted molar refractivity (Wildman–Crippen MR) is 83.0 cm³/mol. The summed E-state index contributed by atoms with van der Waals surface area (Å²) in [6.45, 7) is 8.77. The number of nitrogens with two attached hydrogens (primary N) is 1. The number of benzene rings is 1. The van der Waals surface area contributed by atoms with Crippen molar-refractivity contribution in [3.05, 3.63) is 35.1 Å².